The third-order valence-electron chi connectivity index (χ3n) is 6.35. The summed E-state index contributed by atoms with van der Waals surface area (Å²) in [6, 6.07) is 3.61. The second-order valence-corrected chi connectivity index (χ2v) is 8.54. The molecule has 134 valence electrons. The van der Waals surface area contributed by atoms with Crippen molar-refractivity contribution in [2.45, 2.75) is 36.5 Å². The van der Waals surface area contributed by atoms with Gasteiger partial charge >= 0.3 is 7.91 Å². The van der Waals surface area contributed by atoms with Crippen LogP contribution in [0.3, 0.4) is 0 Å². The van der Waals surface area contributed by atoms with Crippen molar-refractivity contribution in [2.75, 3.05) is 13.6 Å². The molecular weight excluding hydrogens is 348 g/mol. The first-order valence-corrected chi connectivity index (χ1v) is 9.90. The fourth-order valence-electron chi connectivity index (χ4n) is 5.42. The van der Waals surface area contributed by atoms with Gasteiger partial charge in [-0.3, -0.25) is 4.89 Å². The molecule has 0 aromatic heterocycles. The van der Waals surface area contributed by atoms with Gasteiger partial charge in [-0.2, -0.15) is 0 Å². The zero-order valence-electron chi connectivity index (χ0n) is 13.6. The van der Waals surface area contributed by atoms with Crippen LogP contribution in [0.1, 0.15) is 17.5 Å². The largest absolute Gasteiger partial charge is 0.567 e. The molecule has 0 radical (unpaired) electrons. The minimum Gasteiger partial charge on any atom is -0.482 e. The van der Waals surface area contributed by atoms with Crippen LogP contribution in [0, 0.1) is 5.92 Å². The van der Waals surface area contributed by atoms with Gasteiger partial charge in [-0.25, -0.2) is 4.57 Å². The van der Waals surface area contributed by atoms with E-state index in [-0.39, 0.29) is 11.7 Å². The lowest BCUT2D eigenvalue weighted by Crippen LogP contribution is -2.64. The summed E-state index contributed by atoms with van der Waals surface area (Å²) in [5.74, 6) is 0.416. The summed E-state index contributed by atoms with van der Waals surface area (Å²) >= 11 is 0. The van der Waals surface area contributed by atoms with Crippen LogP contribution >= 0.6 is 7.91 Å². The maximum atomic E-state index is 13.2. The average Bonchev–Trinajstić information content (AvgIpc) is 2.88. The minimum absolute atomic E-state index is 0.0702. The molecule has 0 saturated carbocycles. The van der Waals surface area contributed by atoms with E-state index in [4.69, 9.17) is 9.63 Å². The second-order valence-electron chi connectivity index (χ2n) is 7.45. The highest BCUT2D eigenvalue weighted by molar-refractivity contribution is 7.47. The van der Waals surface area contributed by atoms with Gasteiger partial charge in [0, 0.05) is 22.9 Å². The molecule has 6 atom stereocenters. The SMILES string of the molecule is CN1CC[C@]23c4c5ccc(OP(=O)(O)F)c4O[C@H]2[C@@H](O)C=C[C@H]3[C@H]1C5. The molecule has 2 bridgehead atoms. The maximum absolute atomic E-state index is 13.2. The Kier molecular flexibility index (Phi) is 3.07. The molecule has 1 unspecified atom stereocenters. The van der Waals surface area contributed by atoms with E-state index in [1.54, 1.807) is 6.08 Å². The maximum Gasteiger partial charge on any atom is 0.567 e. The van der Waals surface area contributed by atoms with E-state index in [9.17, 15) is 13.9 Å². The summed E-state index contributed by atoms with van der Waals surface area (Å²) in [5, 5.41) is 10.5. The number of rotatable bonds is 2. The Morgan fingerprint density at radius 2 is 2.24 bits per heavy atom. The Balaban J connectivity index is 1.75. The van der Waals surface area contributed by atoms with Gasteiger partial charge < -0.3 is 19.3 Å². The van der Waals surface area contributed by atoms with Gasteiger partial charge in [-0.1, -0.05) is 18.2 Å². The smallest absolute Gasteiger partial charge is 0.482 e. The first-order valence-electron chi connectivity index (χ1n) is 8.43. The number of piperidine rings is 1. The first kappa shape index (κ1) is 15.8. The molecule has 2 aliphatic heterocycles. The molecule has 1 fully saturated rings. The molecule has 1 aromatic carbocycles. The molecule has 1 aromatic rings. The second kappa shape index (κ2) is 4.86. The van der Waals surface area contributed by atoms with E-state index in [2.05, 4.69) is 22.5 Å². The van der Waals surface area contributed by atoms with Crippen LogP contribution in [-0.4, -0.2) is 46.7 Å². The number of hydrogen-bond acceptors (Lipinski definition) is 5. The van der Waals surface area contributed by atoms with Crippen molar-refractivity contribution in [3.8, 4) is 11.5 Å². The van der Waals surface area contributed by atoms with E-state index in [0.29, 0.717) is 11.8 Å². The highest BCUT2D eigenvalue weighted by atomic mass is 31.2. The predicted molar refractivity (Wildman–Crippen MR) is 87.5 cm³/mol. The summed E-state index contributed by atoms with van der Waals surface area (Å²) < 4.78 is 35.1. The minimum atomic E-state index is -5.19. The van der Waals surface area contributed by atoms with Gasteiger partial charge in [-0.15, -0.1) is 4.20 Å². The van der Waals surface area contributed by atoms with Gasteiger partial charge in [0.05, 0.1) is 0 Å². The Labute approximate surface area is 144 Å². The fraction of sp³-hybridized carbons (Fsp3) is 0.529. The molecule has 5 rings (SSSR count). The predicted octanol–water partition coefficient (Wildman–Crippen LogP) is 1.94. The quantitative estimate of drug-likeness (QED) is 0.614. The van der Waals surface area contributed by atoms with Crippen molar-refractivity contribution < 1.29 is 28.0 Å². The molecule has 6 nitrogen and oxygen atoms in total. The first-order chi connectivity index (χ1) is 11.8. The van der Waals surface area contributed by atoms with Gasteiger partial charge in [0.2, 0.25) is 0 Å². The molecule has 2 aliphatic carbocycles. The van der Waals surface area contributed by atoms with Crippen molar-refractivity contribution in [1.29, 1.82) is 0 Å². The Morgan fingerprint density at radius 1 is 1.44 bits per heavy atom. The molecule has 0 amide bonds. The molecule has 1 spiro atoms. The van der Waals surface area contributed by atoms with Gasteiger partial charge in [0.25, 0.3) is 0 Å². The van der Waals surface area contributed by atoms with Crippen molar-refractivity contribution in [1.82, 2.24) is 4.90 Å². The summed E-state index contributed by atoms with van der Waals surface area (Å²) in [6.07, 6.45) is 4.18. The molecule has 1 saturated heterocycles. The van der Waals surface area contributed by atoms with Crippen LogP contribution < -0.4 is 9.26 Å². The fourth-order valence-corrected chi connectivity index (χ4v) is 5.81. The van der Waals surface area contributed by atoms with Crippen LogP contribution in [0.5, 0.6) is 11.5 Å². The number of nitrogens with zero attached hydrogens (tertiary/aromatic N) is 1. The van der Waals surface area contributed by atoms with Crippen LogP contribution in [0.2, 0.25) is 0 Å². The number of halogens is 1. The van der Waals surface area contributed by atoms with Crippen LogP contribution in [0.4, 0.5) is 4.20 Å². The van der Waals surface area contributed by atoms with Gasteiger partial charge in [-0.05, 0) is 38.1 Å². The topological polar surface area (TPSA) is 79.2 Å². The number of likely N-dealkylation sites (N-methyl/N-ethyl adjacent to an activating group) is 1. The Morgan fingerprint density at radius 3 is 3.00 bits per heavy atom. The summed E-state index contributed by atoms with van der Waals surface area (Å²) in [5.41, 5.74) is 1.59. The Bertz CT molecular complexity index is 839. The number of benzene rings is 1. The monoisotopic (exact) mass is 367 g/mol. The normalized spacial score (nSPS) is 40.2. The van der Waals surface area contributed by atoms with Crippen molar-refractivity contribution in [3.63, 3.8) is 0 Å². The highest BCUT2D eigenvalue weighted by Gasteiger charge is 2.64. The standard InChI is InChI=1S/C17H19FNO5P/c1-19-7-6-17-10-3-4-12(20)16(17)23-15-13(24-25(18,21)22)5-2-9(14(15)17)8-11(10)19/h2-5,10-12,16,20H,6-8H2,1H3,(H,21,22)/t10-,11+,12-,16-,17-/m0/s1. The number of ether oxygens (including phenoxy) is 1. The zero-order chi connectivity index (χ0) is 17.6. The Hall–Kier alpha value is -1.40. The van der Waals surface area contributed by atoms with Crippen molar-refractivity contribution in [2.24, 2.45) is 5.92 Å². The molecule has 2 N–H and O–H groups in total. The lowest BCUT2D eigenvalue weighted by molar-refractivity contribution is -0.0452. The van der Waals surface area contributed by atoms with Crippen molar-refractivity contribution in [3.05, 3.63) is 35.4 Å². The van der Waals surface area contributed by atoms with Crippen LogP contribution in [0.15, 0.2) is 24.3 Å². The van der Waals surface area contributed by atoms with E-state index >= 15 is 0 Å². The highest BCUT2D eigenvalue weighted by Crippen LogP contribution is 2.63. The third-order valence-corrected chi connectivity index (χ3v) is 6.77. The molecule has 25 heavy (non-hydrogen) atoms. The van der Waals surface area contributed by atoms with Crippen LogP contribution in [0.25, 0.3) is 0 Å². The summed E-state index contributed by atoms with van der Waals surface area (Å²) in [6.45, 7) is 0.868. The molecule has 8 heteroatoms. The van der Waals surface area contributed by atoms with E-state index in [1.165, 1.54) is 6.07 Å². The van der Waals surface area contributed by atoms with E-state index < -0.39 is 25.5 Å². The number of aliphatic hydroxyl groups is 1. The van der Waals surface area contributed by atoms with E-state index in [1.807, 2.05) is 6.07 Å². The molecule has 4 aliphatic rings. The van der Waals surface area contributed by atoms with Gasteiger partial charge in [0.15, 0.2) is 11.5 Å². The summed E-state index contributed by atoms with van der Waals surface area (Å²) in [4.78, 5) is 11.3. The van der Waals surface area contributed by atoms with Gasteiger partial charge in [0.1, 0.15) is 12.2 Å². The molecule has 2 heterocycles. The lowest BCUT2D eigenvalue weighted by Gasteiger charge is -2.56. The lowest BCUT2D eigenvalue weighted by atomic mass is 9.53. The third kappa shape index (κ3) is 1.98. The zero-order valence-corrected chi connectivity index (χ0v) is 14.5. The van der Waals surface area contributed by atoms with E-state index in [0.717, 1.165) is 30.5 Å². The number of likely N-dealkylation sites (tertiary alicyclic amines) is 1. The number of hydrogen-bond donors (Lipinski definition) is 2. The van der Waals surface area contributed by atoms with Crippen molar-refractivity contribution >= 4 is 7.91 Å². The van der Waals surface area contributed by atoms with Crippen LogP contribution in [-0.2, 0) is 16.4 Å². The number of aliphatic hydroxyl groups excluding tert-OH is 1. The summed E-state index contributed by atoms with van der Waals surface area (Å²) in [7, 11) is -3.09. The molecular formula is C17H19FNO5P. The average molecular weight is 367 g/mol.